The Morgan fingerprint density at radius 1 is 1.26 bits per heavy atom. The number of aromatic amines is 1. The Balaban J connectivity index is 2.13. The summed E-state index contributed by atoms with van der Waals surface area (Å²) in [6.07, 6.45) is -7.52. The Kier molecular flexibility index (Phi) is 3.61. The lowest BCUT2D eigenvalue weighted by atomic mass is 10.1. The first-order valence-electron chi connectivity index (χ1n) is 5.72. The Bertz CT molecular complexity index is 546. The third kappa shape index (κ3) is 3.35. The minimum absolute atomic E-state index is 0.250. The Hall–Kier alpha value is -1.82. The van der Waals surface area contributed by atoms with Crippen molar-refractivity contribution in [3.63, 3.8) is 0 Å². The van der Waals surface area contributed by atoms with Crippen LogP contribution in [0.4, 0.5) is 13.2 Å². The van der Waals surface area contributed by atoms with Crippen LogP contribution in [0, 0.1) is 6.92 Å². The molecule has 6 heteroatoms. The molecule has 0 amide bonds. The fraction of sp³-hybridized carbons (Fsp3) is 0.308. The number of halogens is 3. The summed E-state index contributed by atoms with van der Waals surface area (Å²) in [4.78, 5) is 0. The highest BCUT2D eigenvalue weighted by Gasteiger charge is 2.38. The number of nitrogens with one attached hydrogen (secondary N) is 1. The van der Waals surface area contributed by atoms with Crippen LogP contribution in [-0.2, 0) is 6.42 Å². The summed E-state index contributed by atoms with van der Waals surface area (Å²) in [5.74, 6) is 0. The molecular weight excluding hydrogens is 257 g/mol. The normalized spacial score (nSPS) is 13.5. The fourth-order valence-corrected chi connectivity index (χ4v) is 1.66. The maximum Gasteiger partial charge on any atom is 0.414 e. The lowest BCUT2D eigenvalue weighted by Crippen LogP contribution is -2.30. The summed E-state index contributed by atoms with van der Waals surface area (Å²) in [6.45, 7) is 1.94. The van der Waals surface area contributed by atoms with Crippen LogP contribution in [0.2, 0.25) is 0 Å². The van der Waals surface area contributed by atoms with E-state index in [1.54, 1.807) is 0 Å². The Labute approximate surface area is 108 Å². The zero-order valence-electron chi connectivity index (χ0n) is 10.2. The van der Waals surface area contributed by atoms with Crippen molar-refractivity contribution in [3.05, 3.63) is 41.6 Å². The summed E-state index contributed by atoms with van der Waals surface area (Å²) in [6, 6.07) is 8.99. The van der Waals surface area contributed by atoms with Gasteiger partial charge >= 0.3 is 6.18 Å². The van der Waals surface area contributed by atoms with Gasteiger partial charge in [-0.3, -0.25) is 5.10 Å². The predicted molar refractivity (Wildman–Crippen MR) is 64.5 cm³/mol. The van der Waals surface area contributed by atoms with E-state index < -0.39 is 18.7 Å². The van der Waals surface area contributed by atoms with Crippen LogP contribution in [0.5, 0.6) is 0 Å². The van der Waals surface area contributed by atoms with E-state index in [2.05, 4.69) is 10.2 Å². The highest BCUT2D eigenvalue weighted by Crippen LogP contribution is 2.24. The summed E-state index contributed by atoms with van der Waals surface area (Å²) >= 11 is 0. The quantitative estimate of drug-likeness (QED) is 0.901. The third-order valence-corrected chi connectivity index (χ3v) is 2.77. The molecule has 2 aromatic rings. The van der Waals surface area contributed by atoms with Gasteiger partial charge in [-0.15, -0.1) is 0 Å². The van der Waals surface area contributed by atoms with Gasteiger partial charge in [-0.2, -0.15) is 18.3 Å². The van der Waals surface area contributed by atoms with Crippen LogP contribution in [0.25, 0.3) is 11.3 Å². The molecule has 0 aliphatic rings. The van der Waals surface area contributed by atoms with Crippen LogP contribution >= 0.6 is 0 Å². The number of rotatable bonds is 3. The van der Waals surface area contributed by atoms with Gasteiger partial charge in [-0.05, 0) is 13.0 Å². The van der Waals surface area contributed by atoms with Crippen molar-refractivity contribution in [2.24, 2.45) is 0 Å². The smallest absolute Gasteiger partial charge is 0.383 e. The maximum absolute atomic E-state index is 12.2. The van der Waals surface area contributed by atoms with Crippen molar-refractivity contribution in [2.45, 2.75) is 25.6 Å². The van der Waals surface area contributed by atoms with Crippen molar-refractivity contribution in [3.8, 4) is 11.3 Å². The van der Waals surface area contributed by atoms with Gasteiger partial charge in [-0.1, -0.05) is 29.8 Å². The highest BCUT2D eigenvalue weighted by molar-refractivity contribution is 5.59. The van der Waals surface area contributed by atoms with Crippen molar-refractivity contribution < 1.29 is 18.3 Å². The number of aliphatic hydroxyl groups excluding tert-OH is 1. The summed E-state index contributed by atoms with van der Waals surface area (Å²) in [7, 11) is 0. The molecule has 0 saturated heterocycles. The lowest BCUT2D eigenvalue weighted by Gasteiger charge is -2.12. The Morgan fingerprint density at radius 3 is 2.47 bits per heavy atom. The number of hydrogen-bond acceptors (Lipinski definition) is 2. The summed E-state index contributed by atoms with van der Waals surface area (Å²) in [5, 5.41) is 15.4. The number of benzene rings is 1. The molecule has 19 heavy (non-hydrogen) atoms. The van der Waals surface area contributed by atoms with E-state index in [-0.39, 0.29) is 5.69 Å². The molecule has 0 spiro atoms. The number of alkyl halides is 3. The van der Waals surface area contributed by atoms with Crippen LogP contribution in [-0.4, -0.2) is 27.6 Å². The minimum atomic E-state index is -4.62. The molecule has 0 fully saturated rings. The highest BCUT2D eigenvalue weighted by atomic mass is 19.4. The van der Waals surface area contributed by atoms with Crippen molar-refractivity contribution in [2.75, 3.05) is 0 Å². The van der Waals surface area contributed by atoms with Crippen molar-refractivity contribution in [1.82, 2.24) is 10.2 Å². The first-order chi connectivity index (χ1) is 8.86. The van der Waals surface area contributed by atoms with Gasteiger partial charge in [0.2, 0.25) is 0 Å². The van der Waals surface area contributed by atoms with Gasteiger partial charge in [0.1, 0.15) is 0 Å². The molecule has 1 heterocycles. The molecule has 0 aliphatic carbocycles. The second kappa shape index (κ2) is 5.05. The maximum atomic E-state index is 12.2. The topological polar surface area (TPSA) is 48.9 Å². The van der Waals surface area contributed by atoms with Gasteiger partial charge in [0.15, 0.2) is 6.10 Å². The number of aromatic nitrogens is 2. The average Bonchev–Trinajstić information content (AvgIpc) is 2.77. The van der Waals surface area contributed by atoms with Crippen LogP contribution in [0.1, 0.15) is 11.3 Å². The van der Waals surface area contributed by atoms with Crippen molar-refractivity contribution >= 4 is 0 Å². The van der Waals surface area contributed by atoms with Gasteiger partial charge in [0.05, 0.1) is 5.69 Å². The van der Waals surface area contributed by atoms with Gasteiger partial charge < -0.3 is 5.11 Å². The molecule has 0 saturated carbocycles. The largest absolute Gasteiger partial charge is 0.414 e. The van der Waals surface area contributed by atoms with E-state index >= 15 is 0 Å². The number of aryl methyl sites for hydroxylation is 1. The van der Waals surface area contributed by atoms with Crippen molar-refractivity contribution in [1.29, 1.82) is 0 Å². The standard InChI is InChI=1S/C13H13F3N2O/c1-8-2-4-9(5-3-8)11-6-10(17-18-11)7-12(19)13(14,15)16/h2-6,12,19H,7H2,1H3,(H,17,18)/t12-/m1/s1. The van der Waals surface area contributed by atoms with E-state index in [9.17, 15) is 13.2 Å². The molecule has 2 N–H and O–H groups in total. The number of hydrogen-bond donors (Lipinski definition) is 2. The monoisotopic (exact) mass is 270 g/mol. The van der Waals surface area contributed by atoms with Crippen LogP contribution in [0.3, 0.4) is 0 Å². The molecule has 0 radical (unpaired) electrons. The van der Waals surface area contributed by atoms with E-state index in [0.29, 0.717) is 5.69 Å². The zero-order chi connectivity index (χ0) is 14.0. The lowest BCUT2D eigenvalue weighted by molar-refractivity contribution is -0.203. The Morgan fingerprint density at radius 2 is 1.89 bits per heavy atom. The van der Waals surface area contributed by atoms with Crippen LogP contribution < -0.4 is 0 Å². The first-order valence-corrected chi connectivity index (χ1v) is 5.72. The molecule has 1 aromatic carbocycles. The minimum Gasteiger partial charge on any atom is -0.383 e. The molecule has 0 aliphatic heterocycles. The second-order valence-electron chi connectivity index (χ2n) is 4.41. The SMILES string of the molecule is Cc1ccc(-c2cc(C[C@@H](O)C(F)(F)F)[nH]n2)cc1. The van der Waals surface area contributed by atoms with Gasteiger partial charge in [-0.25, -0.2) is 0 Å². The van der Waals surface area contributed by atoms with Gasteiger partial charge in [0.25, 0.3) is 0 Å². The van der Waals surface area contributed by atoms with Gasteiger partial charge in [0, 0.05) is 17.7 Å². The summed E-state index contributed by atoms with van der Waals surface area (Å²) in [5.41, 5.74) is 2.71. The van der Waals surface area contributed by atoms with Crippen LogP contribution in [0.15, 0.2) is 30.3 Å². The summed E-state index contributed by atoms with van der Waals surface area (Å²) < 4.78 is 36.7. The number of aliphatic hydroxyl groups is 1. The third-order valence-electron chi connectivity index (χ3n) is 2.77. The van der Waals surface area contributed by atoms with E-state index in [1.165, 1.54) is 6.07 Å². The zero-order valence-corrected chi connectivity index (χ0v) is 10.2. The molecule has 2 rings (SSSR count). The molecule has 1 aromatic heterocycles. The number of nitrogens with zero attached hydrogens (tertiary/aromatic N) is 1. The second-order valence-corrected chi connectivity index (χ2v) is 4.41. The van der Waals surface area contributed by atoms with E-state index in [1.807, 2.05) is 31.2 Å². The molecule has 1 atom stereocenters. The predicted octanol–water partition coefficient (Wildman–Crippen LogP) is 2.85. The number of H-pyrrole nitrogens is 1. The molecule has 3 nitrogen and oxygen atoms in total. The molecule has 0 unspecified atom stereocenters. The molecule has 102 valence electrons. The fourth-order valence-electron chi connectivity index (χ4n) is 1.66. The van der Waals surface area contributed by atoms with E-state index in [4.69, 9.17) is 5.11 Å². The first kappa shape index (κ1) is 13.6. The average molecular weight is 270 g/mol. The van der Waals surface area contributed by atoms with E-state index in [0.717, 1.165) is 11.1 Å². The molecular formula is C13H13F3N2O. The molecule has 0 bridgehead atoms.